The van der Waals surface area contributed by atoms with E-state index in [2.05, 4.69) is 35.4 Å². The number of aromatic hydroxyl groups is 1. The summed E-state index contributed by atoms with van der Waals surface area (Å²) in [5.41, 5.74) is 5.32. The zero-order chi connectivity index (χ0) is 31.5. The molecule has 3 aromatic rings. The second-order valence-electron chi connectivity index (χ2n) is 8.86. The summed E-state index contributed by atoms with van der Waals surface area (Å²) >= 11 is 3.26. The van der Waals surface area contributed by atoms with Gasteiger partial charge in [0.1, 0.15) is 30.8 Å². The number of nitrogens with one attached hydrogen (secondary N) is 1. The maximum atomic E-state index is 13.2. The summed E-state index contributed by atoms with van der Waals surface area (Å²) in [5, 5.41) is 37.3. The number of amides is 2. The van der Waals surface area contributed by atoms with E-state index < -0.39 is 40.4 Å². The summed E-state index contributed by atoms with van der Waals surface area (Å²) in [4.78, 5) is 65.7. The molecule has 0 saturated carbocycles. The smallest absolute Gasteiger partial charge is 0.352 e. The van der Waals surface area contributed by atoms with Gasteiger partial charge in [0.15, 0.2) is 10.9 Å². The van der Waals surface area contributed by atoms with Gasteiger partial charge in [-0.25, -0.2) is 9.48 Å². The number of aliphatic carboxylic acids is 1. The van der Waals surface area contributed by atoms with Crippen LogP contribution in [0.1, 0.15) is 18.4 Å². The van der Waals surface area contributed by atoms with Crippen LogP contribution in [0.5, 0.6) is 5.75 Å². The lowest BCUT2D eigenvalue weighted by molar-refractivity contribution is -0.150. The Morgan fingerprint density at radius 1 is 1.34 bits per heavy atom. The molecule has 5 heterocycles. The molecule has 22 heteroatoms. The van der Waals surface area contributed by atoms with Crippen molar-refractivity contribution >= 4 is 63.7 Å². The second-order valence-corrected chi connectivity index (χ2v) is 11.7. The first-order valence-electron chi connectivity index (χ1n) is 12.5. The molecule has 0 unspecified atom stereocenters. The van der Waals surface area contributed by atoms with E-state index in [4.69, 9.17) is 15.4 Å². The number of rotatable bonds is 12. The number of oxime groups is 1. The number of β-lactam (4-membered cyclic amide) rings is 1. The topological polar surface area (TPSA) is 255 Å². The van der Waals surface area contributed by atoms with Crippen molar-refractivity contribution in [2.45, 2.75) is 30.0 Å². The van der Waals surface area contributed by atoms with Crippen LogP contribution >= 0.6 is 35.1 Å². The quantitative estimate of drug-likeness (QED) is 0.0731. The van der Waals surface area contributed by atoms with Gasteiger partial charge >= 0.3 is 5.97 Å². The van der Waals surface area contributed by atoms with Crippen molar-refractivity contribution in [3.63, 3.8) is 0 Å². The molecule has 5 rings (SSSR count). The Kier molecular flexibility index (Phi) is 9.01. The van der Waals surface area contributed by atoms with E-state index in [9.17, 15) is 29.4 Å². The molecule has 1 saturated heterocycles. The van der Waals surface area contributed by atoms with Gasteiger partial charge in [0, 0.05) is 29.1 Å². The van der Waals surface area contributed by atoms with Crippen LogP contribution in [0, 0.1) is 0 Å². The van der Waals surface area contributed by atoms with Gasteiger partial charge in [-0.15, -0.1) is 16.9 Å². The van der Waals surface area contributed by atoms with E-state index in [1.807, 2.05) is 0 Å². The fourth-order valence-corrected chi connectivity index (χ4v) is 6.98. The molecule has 1 fully saturated rings. The first-order valence-corrected chi connectivity index (χ1v) is 15.3. The summed E-state index contributed by atoms with van der Waals surface area (Å²) in [6, 6.07) is 0.145. The molecular weight excluding hydrogens is 643 g/mol. The number of pyridine rings is 1. The minimum Gasteiger partial charge on any atom is -0.503 e. The number of nitrogens with zero attached hydrogens (tertiary/aromatic N) is 9. The number of tetrazole rings is 1. The molecule has 0 radical (unpaired) electrons. The monoisotopic (exact) mass is 665 g/mol. The van der Waals surface area contributed by atoms with Gasteiger partial charge in [0.25, 0.3) is 11.8 Å². The van der Waals surface area contributed by atoms with Crippen molar-refractivity contribution in [3.05, 3.63) is 45.3 Å². The van der Waals surface area contributed by atoms with Crippen molar-refractivity contribution < 1.29 is 34.3 Å². The molecule has 2 aliphatic rings. The number of carboxylic acids is 1. The Morgan fingerprint density at radius 2 is 2.14 bits per heavy atom. The van der Waals surface area contributed by atoms with Gasteiger partial charge < -0.3 is 30.9 Å². The first kappa shape index (κ1) is 30.7. The maximum Gasteiger partial charge on any atom is 0.352 e. The van der Waals surface area contributed by atoms with Crippen LogP contribution in [0.2, 0.25) is 0 Å². The minimum atomic E-state index is -1.31. The summed E-state index contributed by atoms with van der Waals surface area (Å²) in [5.74, 6) is -2.91. The Balaban J connectivity index is 1.30. The molecule has 19 nitrogen and oxygen atoms in total. The normalized spacial score (nSPS) is 18.1. The van der Waals surface area contributed by atoms with Crippen LogP contribution in [0.15, 0.2) is 38.6 Å². The Bertz CT molecular complexity index is 1740. The molecule has 2 aliphatic heterocycles. The number of aromatic nitrogens is 7. The van der Waals surface area contributed by atoms with Crippen molar-refractivity contribution in [2.75, 3.05) is 31.0 Å². The van der Waals surface area contributed by atoms with Crippen molar-refractivity contribution in [3.8, 4) is 5.75 Å². The number of thioether (sulfide) groups is 2. The fraction of sp³-hybridized carbons (Fsp3) is 0.364. The zero-order valence-electron chi connectivity index (χ0n) is 22.8. The van der Waals surface area contributed by atoms with E-state index in [0.29, 0.717) is 16.4 Å². The SMILES string of the molecule is CCO/N=C(\C(=O)N[C@@H]1C(=O)N2C(C(=O)O)=C(CSc3nnnn3Cc3cc(=O)c(O)cn3OC)CS[C@@H]12)c1nsc(N)n1. The van der Waals surface area contributed by atoms with Crippen molar-refractivity contribution in [2.24, 2.45) is 5.16 Å². The molecule has 0 aliphatic carbocycles. The average molecular weight is 666 g/mol. The van der Waals surface area contributed by atoms with Crippen LogP contribution in [0.3, 0.4) is 0 Å². The highest BCUT2D eigenvalue weighted by Gasteiger charge is 2.54. The van der Waals surface area contributed by atoms with Crippen LogP contribution in [-0.4, -0.2) is 110 Å². The molecule has 232 valence electrons. The standard InChI is InChI=1S/C22H23N11O8S3/c1-3-41-27-13(16-25-21(23)44-28-16)17(36)24-14-18(37)33-15(20(38)39)9(7-42-19(14)33)8-43-22-26-29-30-31(22)5-10-4-11(34)12(35)6-32(10)40-2/h4,6,14,19,35H,3,5,7-8H2,1-2H3,(H,24,36)(H,38,39)(H2,23,25,28)/b27-13-/t14-,19+/m1/s1. The lowest BCUT2D eigenvalue weighted by Crippen LogP contribution is -2.71. The molecule has 2 atom stereocenters. The van der Waals surface area contributed by atoms with Crippen LogP contribution in [-0.2, 0) is 25.8 Å². The number of anilines is 1. The Labute approximate surface area is 259 Å². The highest BCUT2D eigenvalue weighted by Crippen LogP contribution is 2.41. The molecule has 3 aromatic heterocycles. The average Bonchev–Trinajstić information content (AvgIpc) is 3.64. The van der Waals surface area contributed by atoms with Gasteiger partial charge in [-0.1, -0.05) is 16.9 Å². The second kappa shape index (κ2) is 12.9. The minimum absolute atomic E-state index is 0.00391. The third kappa shape index (κ3) is 6.03. The van der Waals surface area contributed by atoms with Crippen molar-refractivity contribution in [1.82, 2.24) is 44.5 Å². The number of carbonyl (C=O) groups is 3. The van der Waals surface area contributed by atoms with E-state index in [1.54, 1.807) is 6.92 Å². The predicted octanol–water partition coefficient (Wildman–Crippen LogP) is -1.65. The summed E-state index contributed by atoms with van der Waals surface area (Å²) < 4.78 is 6.54. The number of hydrogen-bond acceptors (Lipinski definition) is 17. The van der Waals surface area contributed by atoms with Crippen LogP contribution < -0.4 is 21.3 Å². The highest BCUT2D eigenvalue weighted by atomic mass is 32.2. The number of carboxylic acid groups (broad SMARTS) is 1. The predicted molar refractivity (Wildman–Crippen MR) is 155 cm³/mol. The van der Waals surface area contributed by atoms with E-state index in [-0.39, 0.29) is 47.0 Å². The van der Waals surface area contributed by atoms with E-state index in [0.717, 1.165) is 34.4 Å². The summed E-state index contributed by atoms with van der Waals surface area (Å²) in [6.07, 6.45) is 1.12. The lowest BCUT2D eigenvalue weighted by Gasteiger charge is -2.49. The van der Waals surface area contributed by atoms with Gasteiger partial charge in [0.05, 0.1) is 18.4 Å². The van der Waals surface area contributed by atoms with Crippen LogP contribution in [0.25, 0.3) is 0 Å². The highest BCUT2D eigenvalue weighted by molar-refractivity contribution is 8.01. The third-order valence-corrected chi connectivity index (χ3v) is 9.07. The largest absolute Gasteiger partial charge is 0.503 e. The molecule has 0 aromatic carbocycles. The molecule has 0 spiro atoms. The number of hydrogen-bond donors (Lipinski definition) is 4. The van der Waals surface area contributed by atoms with Crippen molar-refractivity contribution in [1.29, 1.82) is 0 Å². The fourth-order valence-electron chi connectivity index (χ4n) is 4.18. The van der Waals surface area contributed by atoms with E-state index in [1.165, 1.54) is 34.4 Å². The first-order chi connectivity index (χ1) is 21.1. The van der Waals surface area contributed by atoms with Gasteiger partial charge in [-0.3, -0.25) is 19.3 Å². The molecular formula is C22H23N11O8S3. The number of nitrogens with two attached hydrogens (primary N) is 1. The maximum absolute atomic E-state index is 13.2. The van der Waals surface area contributed by atoms with Gasteiger partial charge in [-0.05, 0) is 22.9 Å². The van der Waals surface area contributed by atoms with Crippen LogP contribution in [0.4, 0.5) is 5.13 Å². The summed E-state index contributed by atoms with van der Waals surface area (Å²) in [6.45, 7) is 1.83. The Morgan fingerprint density at radius 3 is 2.82 bits per heavy atom. The number of nitrogen functional groups attached to an aromatic ring is 1. The molecule has 2 amide bonds. The number of fused-ring (bicyclic) bond motifs is 1. The summed E-state index contributed by atoms with van der Waals surface area (Å²) in [7, 11) is 1.35. The Hall–Kier alpha value is -4.70. The van der Waals surface area contributed by atoms with Gasteiger partial charge in [0.2, 0.25) is 22.1 Å². The molecule has 44 heavy (non-hydrogen) atoms. The molecule has 5 N–H and O–H groups in total. The molecule has 0 bridgehead atoms. The van der Waals surface area contributed by atoms with Gasteiger partial charge in [-0.2, -0.15) is 14.1 Å². The zero-order valence-corrected chi connectivity index (χ0v) is 25.3. The van der Waals surface area contributed by atoms with E-state index >= 15 is 0 Å². The third-order valence-electron chi connectivity index (χ3n) is 6.15. The lowest BCUT2D eigenvalue weighted by atomic mass is 10.0. The number of carbonyl (C=O) groups excluding carboxylic acids is 2.